The summed E-state index contributed by atoms with van der Waals surface area (Å²) in [5.41, 5.74) is 2.82. The molecule has 0 saturated heterocycles. The molecule has 1 saturated carbocycles. The highest BCUT2D eigenvalue weighted by Gasteiger charge is 2.23. The van der Waals surface area contributed by atoms with Crippen molar-refractivity contribution in [3.8, 4) is 5.88 Å². The van der Waals surface area contributed by atoms with Gasteiger partial charge in [-0.25, -0.2) is 0 Å². The third-order valence-electron chi connectivity index (χ3n) is 4.69. The van der Waals surface area contributed by atoms with Gasteiger partial charge in [0.1, 0.15) is 0 Å². The quantitative estimate of drug-likeness (QED) is 0.522. The Labute approximate surface area is 153 Å². The summed E-state index contributed by atoms with van der Waals surface area (Å²) in [5, 5.41) is 0. The number of rotatable bonds is 6. The maximum atomic E-state index is 6.12. The second-order valence-corrected chi connectivity index (χ2v) is 7.64. The van der Waals surface area contributed by atoms with Crippen molar-refractivity contribution in [2.45, 2.75) is 57.9 Å². The number of hydrogen-bond donors (Lipinski definition) is 0. The largest absolute Gasteiger partial charge is 0.478 e. The summed E-state index contributed by atoms with van der Waals surface area (Å²) in [6.45, 7) is 3.87. The van der Waals surface area contributed by atoms with Gasteiger partial charge in [-0.1, -0.05) is 56.5 Å². The fourth-order valence-corrected chi connectivity index (χ4v) is 4.29. The first-order chi connectivity index (χ1) is 11.3. The summed E-state index contributed by atoms with van der Waals surface area (Å²) < 4.78 is 9.81. The summed E-state index contributed by atoms with van der Waals surface area (Å²) in [5.74, 6) is 1.76. The Hall–Kier alpha value is -0.970. The van der Waals surface area contributed by atoms with Gasteiger partial charge in [-0.3, -0.25) is 0 Å². The van der Waals surface area contributed by atoms with Gasteiger partial charge < -0.3 is 9.30 Å². The van der Waals surface area contributed by atoms with Crippen LogP contribution in [-0.2, 0) is 6.54 Å². The fourth-order valence-electron chi connectivity index (χ4n) is 3.53. The summed E-state index contributed by atoms with van der Waals surface area (Å²) in [6.07, 6.45) is 7.81. The zero-order chi connectivity index (χ0) is 16.1. The highest BCUT2D eigenvalue weighted by Crippen LogP contribution is 2.38. The summed E-state index contributed by atoms with van der Waals surface area (Å²) in [4.78, 5) is 0. The Morgan fingerprint density at radius 1 is 1.13 bits per heavy atom. The third kappa shape index (κ3) is 4.11. The van der Waals surface area contributed by atoms with E-state index in [1.807, 2.05) is 0 Å². The van der Waals surface area contributed by atoms with E-state index in [9.17, 15) is 0 Å². The molecule has 2 aromatic rings. The van der Waals surface area contributed by atoms with Crippen LogP contribution in [0.5, 0.6) is 5.88 Å². The predicted molar refractivity (Wildman–Crippen MR) is 104 cm³/mol. The molecule has 23 heavy (non-hydrogen) atoms. The molecule has 0 unspecified atom stereocenters. The summed E-state index contributed by atoms with van der Waals surface area (Å²) in [6, 6.07) is 13.1. The maximum Gasteiger partial charge on any atom is 0.207 e. The van der Waals surface area contributed by atoms with E-state index in [-0.39, 0.29) is 0 Å². The molecule has 1 aromatic carbocycles. The van der Waals surface area contributed by atoms with Gasteiger partial charge in [0.2, 0.25) is 5.88 Å². The number of nitrogens with zero attached hydrogens (tertiary/aromatic N) is 1. The molecule has 1 heterocycles. The van der Waals surface area contributed by atoms with Gasteiger partial charge in [-0.2, -0.15) is 0 Å². The number of hydrogen-bond acceptors (Lipinski definition) is 1. The molecule has 0 atom stereocenters. The SMILES string of the molecule is CCCOc1c(I)cc(C2CCCCC2)n1Cc1ccccc1. The molecular weight excluding hydrogens is 397 g/mol. The molecule has 1 fully saturated rings. The average Bonchev–Trinajstić information content (AvgIpc) is 2.90. The van der Waals surface area contributed by atoms with E-state index in [0.717, 1.165) is 25.5 Å². The lowest BCUT2D eigenvalue weighted by Gasteiger charge is -2.24. The van der Waals surface area contributed by atoms with E-state index in [1.54, 1.807) is 0 Å². The van der Waals surface area contributed by atoms with E-state index in [0.29, 0.717) is 5.92 Å². The van der Waals surface area contributed by atoms with Gasteiger partial charge in [0.25, 0.3) is 0 Å². The van der Waals surface area contributed by atoms with E-state index < -0.39 is 0 Å². The lowest BCUT2D eigenvalue weighted by molar-refractivity contribution is 0.286. The number of benzene rings is 1. The maximum absolute atomic E-state index is 6.12. The molecule has 1 aromatic heterocycles. The van der Waals surface area contributed by atoms with Crippen molar-refractivity contribution in [3.63, 3.8) is 0 Å². The molecule has 2 nitrogen and oxygen atoms in total. The van der Waals surface area contributed by atoms with Crippen molar-refractivity contribution in [3.05, 3.63) is 51.2 Å². The Morgan fingerprint density at radius 2 is 1.87 bits per heavy atom. The van der Waals surface area contributed by atoms with Crippen molar-refractivity contribution in [2.75, 3.05) is 6.61 Å². The lowest BCUT2D eigenvalue weighted by atomic mass is 9.87. The van der Waals surface area contributed by atoms with Crippen molar-refractivity contribution >= 4 is 22.6 Å². The van der Waals surface area contributed by atoms with Crippen LogP contribution in [0, 0.1) is 3.57 Å². The monoisotopic (exact) mass is 423 g/mol. The zero-order valence-electron chi connectivity index (χ0n) is 13.9. The Kier molecular flexibility index (Phi) is 6.03. The molecule has 124 valence electrons. The van der Waals surface area contributed by atoms with Gasteiger partial charge in [0.05, 0.1) is 16.7 Å². The van der Waals surface area contributed by atoms with Crippen molar-refractivity contribution in [2.24, 2.45) is 0 Å². The minimum Gasteiger partial charge on any atom is -0.478 e. The second-order valence-electron chi connectivity index (χ2n) is 6.48. The van der Waals surface area contributed by atoms with Crippen LogP contribution in [0.15, 0.2) is 36.4 Å². The van der Waals surface area contributed by atoms with Gasteiger partial charge in [-0.15, -0.1) is 0 Å². The van der Waals surface area contributed by atoms with Crippen LogP contribution >= 0.6 is 22.6 Å². The lowest BCUT2D eigenvalue weighted by Crippen LogP contribution is -2.13. The van der Waals surface area contributed by atoms with Crippen LogP contribution in [0.3, 0.4) is 0 Å². The Morgan fingerprint density at radius 3 is 2.57 bits per heavy atom. The topological polar surface area (TPSA) is 14.2 Å². The van der Waals surface area contributed by atoms with E-state index >= 15 is 0 Å². The van der Waals surface area contributed by atoms with Gasteiger partial charge in [0.15, 0.2) is 0 Å². The molecule has 0 bridgehead atoms. The zero-order valence-corrected chi connectivity index (χ0v) is 16.1. The molecule has 3 heteroatoms. The first-order valence-corrected chi connectivity index (χ1v) is 9.93. The fraction of sp³-hybridized carbons (Fsp3) is 0.500. The van der Waals surface area contributed by atoms with Crippen LogP contribution in [0.1, 0.15) is 62.6 Å². The van der Waals surface area contributed by atoms with Crippen LogP contribution in [0.25, 0.3) is 0 Å². The molecule has 0 spiro atoms. The predicted octanol–water partition coefficient (Wildman–Crippen LogP) is 5.98. The van der Waals surface area contributed by atoms with Crippen LogP contribution in [0.4, 0.5) is 0 Å². The molecule has 0 radical (unpaired) electrons. The molecular formula is C20H26INO. The third-order valence-corrected chi connectivity index (χ3v) is 5.46. The molecule has 0 aliphatic heterocycles. The second kappa shape index (κ2) is 8.22. The Bertz CT molecular complexity index is 614. The van der Waals surface area contributed by atoms with Gasteiger partial charge in [0, 0.05) is 5.69 Å². The molecule has 0 N–H and O–H groups in total. The van der Waals surface area contributed by atoms with Crippen LogP contribution in [-0.4, -0.2) is 11.2 Å². The summed E-state index contributed by atoms with van der Waals surface area (Å²) >= 11 is 2.44. The normalized spacial score (nSPS) is 15.7. The molecule has 3 rings (SSSR count). The van der Waals surface area contributed by atoms with Gasteiger partial charge in [-0.05, 0) is 59.4 Å². The minimum absolute atomic E-state index is 0.694. The van der Waals surface area contributed by atoms with Crippen molar-refractivity contribution < 1.29 is 4.74 Å². The van der Waals surface area contributed by atoms with E-state index in [1.165, 1.54) is 46.9 Å². The number of aromatic nitrogens is 1. The van der Waals surface area contributed by atoms with Crippen molar-refractivity contribution in [1.29, 1.82) is 0 Å². The van der Waals surface area contributed by atoms with E-state index in [2.05, 4.69) is 70.5 Å². The highest BCUT2D eigenvalue weighted by molar-refractivity contribution is 14.1. The average molecular weight is 423 g/mol. The molecule has 1 aliphatic carbocycles. The Balaban J connectivity index is 1.93. The summed E-state index contributed by atoms with van der Waals surface area (Å²) in [7, 11) is 0. The molecule has 0 amide bonds. The van der Waals surface area contributed by atoms with Crippen LogP contribution < -0.4 is 4.74 Å². The smallest absolute Gasteiger partial charge is 0.207 e. The highest BCUT2D eigenvalue weighted by atomic mass is 127. The first-order valence-electron chi connectivity index (χ1n) is 8.85. The first kappa shape index (κ1) is 16.9. The van der Waals surface area contributed by atoms with Gasteiger partial charge >= 0.3 is 0 Å². The number of halogens is 1. The van der Waals surface area contributed by atoms with Crippen LogP contribution in [0.2, 0.25) is 0 Å². The number of ether oxygens (including phenoxy) is 1. The van der Waals surface area contributed by atoms with E-state index in [4.69, 9.17) is 4.74 Å². The molecule has 1 aliphatic rings. The van der Waals surface area contributed by atoms with Crippen molar-refractivity contribution in [1.82, 2.24) is 4.57 Å². The minimum atomic E-state index is 0.694. The standard InChI is InChI=1S/C20H26INO/c1-2-13-23-20-18(21)14-19(17-11-7-4-8-12-17)22(20)15-16-9-5-3-6-10-16/h3,5-6,9-10,14,17H,2,4,7-8,11-13,15H2,1H3.